The number of furan rings is 1. The molecular formula is C10H8ClFN2O. The number of aromatic nitrogens is 1. The standard InChI is InChI=1S/C10H8ClFN2O/c11-9-2-1-8(15-9)10(13)6-3-7(12)5-14-4-6/h1-5,10H,13H2. The lowest BCUT2D eigenvalue weighted by atomic mass is 10.1. The van der Waals surface area contributed by atoms with Crippen LogP contribution in [0.25, 0.3) is 0 Å². The van der Waals surface area contributed by atoms with E-state index in [0.717, 1.165) is 6.20 Å². The predicted molar refractivity (Wildman–Crippen MR) is 53.9 cm³/mol. The molecule has 15 heavy (non-hydrogen) atoms. The number of pyridine rings is 1. The van der Waals surface area contributed by atoms with Gasteiger partial charge in [0.1, 0.15) is 11.6 Å². The fourth-order valence-electron chi connectivity index (χ4n) is 1.26. The Morgan fingerprint density at radius 1 is 1.40 bits per heavy atom. The highest BCUT2D eigenvalue weighted by Gasteiger charge is 2.13. The Balaban J connectivity index is 2.32. The van der Waals surface area contributed by atoms with Crippen LogP contribution >= 0.6 is 11.6 Å². The van der Waals surface area contributed by atoms with Gasteiger partial charge in [-0.1, -0.05) is 0 Å². The first-order chi connectivity index (χ1) is 7.16. The molecule has 0 bridgehead atoms. The summed E-state index contributed by atoms with van der Waals surface area (Å²) in [7, 11) is 0. The fraction of sp³-hybridized carbons (Fsp3) is 0.100. The monoisotopic (exact) mass is 226 g/mol. The molecule has 0 aliphatic carbocycles. The number of hydrogen-bond donors (Lipinski definition) is 1. The summed E-state index contributed by atoms with van der Waals surface area (Å²) in [5, 5.41) is 0.254. The van der Waals surface area contributed by atoms with E-state index in [1.807, 2.05) is 0 Å². The van der Waals surface area contributed by atoms with Crippen molar-refractivity contribution in [3.05, 3.63) is 53.0 Å². The van der Waals surface area contributed by atoms with Crippen LogP contribution in [0.4, 0.5) is 4.39 Å². The third-order valence-corrected chi connectivity index (χ3v) is 2.19. The molecule has 0 aromatic carbocycles. The van der Waals surface area contributed by atoms with Crippen LogP contribution in [0.1, 0.15) is 17.4 Å². The first-order valence-corrected chi connectivity index (χ1v) is 4.66. The van der Waals surface area contributed by atoms with Gasteiger partial charge >= 0.3 is 0 Å². The molecule has 1 atom stereocenters. The lowest BCUT2D eigenvalue weighted by Crippen LogP contribution is -2.11. The summed E-state index contributed by atoms with van der Waals surface area (Å²) in [6.45, 7) is 0. The van der Waals surface area contributed by atoms with Crippen molar-refractivity contribution in [1.29, 1.82) is 0 Å². The van der Waals surface area contributed by atoms with E-state index in [1.54, 1.807) is 12.1 Å². The van der Waals surface area contributed by atoms with Crippen molar-refractivity contribution in [2.45, 2.75) is 6.04 Å². The van der Waals surface area contributed by atoms with E-state index in [4.69, 9.17) is 21.8 Å². The summed E-state index contributed by atoms with van der Waals surface area (Å²) in [6, 6.07) is 4.00. The Morgan fingerprint density at radius 3 is 2.80 bits per heavy atom. The van der Waals surface area contributed by atoms with Crippen LogP contribution in [0.5, 0.6) is 0 Å². The maximum absolute atomic E-state index is 12.9. The van der Waals surface area contributed by atoms with Gasteiger partial charge in [0.05, 0.1) is 12.2 Å². The minimum Gasteiger partial charge on any atom is -0.448 e. The topological polar surface area (TPSA) is 52.0 Å². The largest absolute Gasteiger partial charge is 0.448 e. The molecule has 78 valence electrons. The molecule has 2 N–H and O–H groups in total. The molecule has 0 spiro atoms. The van der Waals surface area contributed by atoms with Crippen molar-refractivity contribution in [2.75, 3.05) is 0 Å². The first kappa shape index (κ1) is 10.1. The Morgan fingerprint density at radius 2 is 2.20 bits per heavy atom. The van der Waals surface area contributed by atoms with Gasteiger partial charge in [0.25, 0.3) is 0 Å². The van der Waals surface area contributed by atoms with E-state index in [-0.39, 0.29) is 5.22 Å². The molecule has 0 saturated heterocycles. The maximum atomic E-state index is 12.9. The zero-order valence-corrected chi connectivity index (χ0v) is 8.41. The Hall–Kier alpha value is -1.39. The summed E-state index contributed by atoms with van der Waals surface area (Å²) in [4.78, 5) is 3.71. The van der Waals surface area contributed by atoms with Crippen LogP contribution in [0.2, 0.25) is 5.22 Å². The SMILES string of the molecule is NC(c1cncc(F)c1)c1ccc(Cl)o1. The van der Waals surface area contributed by atoms with E-state index in [0.29, 0.717) is 11.3 Å². The van der Waals surface area contributed by atoms with Crippen LogP contribution in [-0.4, -0.2) is 4.98 Å². The van der Waals surface area contributed by atoms with E-state index >= 15 is 0 Å². The Labute approximate surface area is 90.7 Å². The summed E-state index contributed by atoms with van der Waals surface area (Å²) < 4.78 is 18.0. The second kappa shape index (κ2) is 4.00. The smallest absolute Gasteiger partial charge is 0.193 e. The molecule has 1 unspecified atom stereocenters. The summed E-state index contributed by atoms with van der Waals surface area (Å²) >= 11 is 5.61. The van der Waals surface area contributed by atoms with Crippen LogP contribution in [-0.2, 0) is 0 Å². The minimum absolute atomic E-state index is 0.254. The third-order valence-electron chi connectivity index (χ3n) is 1.99. The van der Waals surface area contributed by atoms with Crippen molar-refractivity contribution in [1.82, 2.24) is 4.98 Å². The van der Waals surface area contributed by atoms with Gasteiger partial charge in [-0.2, -0.15) is 0 Å². The first-order valence-electron chi connectivity index (χ1n) is 4.28. The van der Waals surface area contributed by atoms with Crippen LogP contribution < -0.4 is 5.73 Å². The number of nitrogens with zero attached hydrogens (tertiary/aromatic N) is 1. The van der Waals surface area contributed by atoms with E-state index in [1.165, 1.54) is 12.3 Å². The molecule has 0 saturated carbocycles. The fourth-order valence-corrected chi connectivity index (χ4v) is 1.41. The Kier molecular flexibility index (Phi) is 2.70. The van der Waals surface area contributed by atoms with E-state index < -0.39 is 11.9 Å². The summed E-state index contributed by atoms with van der Waals surface area (Å²) in [5.41, 5.74) is 6.38. The third kappa shape index (κ3) is 2.16. The molecule has 0 fully saturated rings. The molecule has 2 aromatic rings. The number of hydrogen-bond acceptors (Lipinski definition) is 3. The molecule has 2 heterocycles. The van der Waals surface area contributed by atoms with Gasteiger partial charge in [-0.3, -0.25) is 4.98 Å². The molecule has 2 rings (SSSR count). The highest BCUT2D eigenvalue weighted by Crippen LogP contribution is 2.23. The second-order valence-corrected chi connectivity index (χ2v) is 3.43. The zero-order valence-electron chi connectivity index (χ0n) is 7.65. The van der Waals surface area contributed by atoms with Crippen molar-refractivity contribution in [3.8, 4) is 0 Å². The van der Waals surface area contributed by atoms with Gasteiger partial charge in [0.15, 0.2) is 5.22 Å². The van der Waals surface area contributed by atoms with Crippen molar-refractivity contribution in [2.24, 2.45) is 5.73 Å². The average molecular weight is 227 g/mol. The molecule has 0 aliphatic heterocycles. The molecule has 3 nitrogen and oxygen atoms in total. The average Bonchev–Trinajstić information content (AvgIpc) is 2.64. The Bertz CT molecular complexity index is 472. The van der Waals surface area contributed by atoms with Gasteiger partial charge in [-0.15, -0.1) is 0 Å². The number of nitrogens with two attached hydrogens (primary N) is 1. The zero-order chi connectivity index (χ0) is 10.8. The van der Waals surface area contributed by atoms with Crippen LogP contribution in [0, 0.1) is 5.82 Å². The van der Waals surface area contributed by atoms with E-state index in [2.05, 4.69) is 4.98 Å². The lowest BCUT2D eigenvalue weighted by Gasteiger charge is -2.07. The predicted octanol–water partition coefficient (Wildman–Crippen LogP) is 2.52. The summed E-state index contributed by atoms with van der Waals surface area (Å²) in [6.07, 6.45) is 2.61. The minimum atomic E-state index is -0.555. The molecular weight excluding hydrogens is 219 g/mol. The van der Waals surface area contributed by atoms with Crippen molar-refractivity contribution >= 4 is 11.6 Å². The van der Waals surface area contributed by atoms with E-state index in [9.17, 15) is 4.39 Å². The van der Waals surface area contributed by atoms with Gasteiger partial charge in [0.2, 0.25) is 0 Å². The molecule has 0 radical (unpaired) electrons. The molecule has 0 aliphatic rings. The highest BCUT2D eigenvalue weighted by molar-refractivity contribution is 6.28. The molecule has 0 amide bonds. The number of rotatable bonds is 2. The van der Waals surface area contributed by atoms with Gasteiger partial charge in [-0.05, 0) is 35.4 Å². The maximum Gasteiger partial charge on any atom is 0.193 e. The quantitative estimate of drug-likeness (QED) is 0.856. The normalized spacial score (nSPS) is 12.7. The lowest BCUT2D eigenvalue weighted by molar-refractivity contribution is 0.490. The van der Waals surface area contributed by atoms with Crippen LogP contribution in [0.15, 0.2) is 35.0 Å². The van der Waals surface area contributed by atoms with Crippen LogP contribution in [0.3, 0.4) is 0 Å². The van der Waals surface area contributed by atoms with Crippen molar-refractivity contribution in [3.63, 3.8) is 0 Å². The van der Waals surface area contributed by atoms with Gasteiger partial charge in [0, 0.05) is 6.20 Å². The second-order valence-electron chi connectivity index (χ2n) is 3.06. The van der Waals surface area contributed by atoms with Gasteiger partial charge in [-0.25, -0.2) is 4.39 Å². The van der Waals surface area contributed by atoms with Crippen molar-refractivity contribution < 1.29 is 8.81 Å². The molecule has 2 aromatic heterocycles. The highest BCUT2D eigenvalue weighted by atomic mass is 35.5. The summed E-state index contributed by atoms with van der Waals surface area (Å²) in [5.74, 6) is 0.0491. The van der Waals surface area contributed by atoms with Gasteiger partial charge < -0.3 is 10.2 Å². The molecule has 5 heteroatoms. The number of halogens is 2.